The maximum atomic E-state index is 9.39. The smallest absolute Gasteiger partial charge is 0.0972 e. The molecule has 4 aliphatic carbocycles. The molecule has 0 aromatic carbocycles. The van der Waals surface area contributed by atoms with Gasteiger partial charge in [-0.05, 0) is 73.1 Å². The van der Waals surface area contributed by atoms with Crippen molar-refractivity contribution in [1.29, 1.82) is 0 Å². The zero-order valence-corrected chi connectivity index (χ0v) is 12.0. The summed E-state index contributed by atoms with van der Waals surface area (Å²) in [7, 11) is 0. The second kappa shape index (κ2) is 4.34. The first-order valence-corrected chi connectivity index (χ1v) is 8.39. The van der Waals surface area contributed by atoms with Gasteiger partial charge in [-0.15, -0.1) is 11.3 Å². The van der Waals surface area contributed by atoms with Crippen LogP contribution in [-0.2, 0) is 0 Å². The third-order valence-corrected chi connectivity index (χ3v) is 6.55. The highest BCUT2D eigenvalue weighted by Crippen LogP contribution is 2.61. The second-order valence-electron chi connectivity index (χ2n) is 7.12. The number of rotatable bonds is 3. The normalized spacial score (nSPS) is 40.8. The van der Waals surface area contributed by atoms with E-state index in [1.54, 1.807) is 11.3 Å². The summed E-state index contributed by atoms with van der Waals surface area (Å²) in [6.45, 7) is 0. The Kier molecular flexibility index (Phi) is 2.73. The van der Waals surface area contributed by atoms with E-state index < -0.39 is 0 Å². The Morgan fingerprint density at radius 2 is 1.84 bits per heavy atom. The predicted molar refractivity (Wildman–Crippen MR) is 77.9 cm³/mol. The fraction of sp³-hybridized carbons (Fsp3) is 0.688. The molecule has 1 heterocycles. The molecule has 4 saturated carbocycles. The van der Waals surface area contributed by atoms with Crippen LogP contribution in [0.25, 0.3) is 0 Å². The van der Waals surface area contributed by atoms with Crippen LogP contribution in [0.5, 0.6) is 0 Å². The van der Waals surface area contributed by atoms with Gasteiger partial charge in [0.25, 0.3) is 0 Å². The van der Waals surface area contributed by atoms with Gasteiger partial charge < -0.3 is 5.21 Å². The molecule has 1 N–H and O–H groups in total. The van der Waals surface area contributed by atoms with Gasteiger partial charge in [0.15, 0.2) is 0 Å². The Morgan fingerprint density at radius 1 is 1.21 bits per heavy atom. The van der Waals surface area contributed by atoms with E-state index in [4.69, 9.17) is 0 Å². The topological polar surface area (TPSA) is 32.6 Å². The minimum Gasteiger partial charge on any atom is -0.411 e. The first kappa shape index (κ1) is 12.0. The summed E-state index contributed by atoms with van der Waals surface area (Å²) in [5.74, 6) is 2.90. The lowest BCUT2D eigenvalue weighted by Crippen LogP contribution is -2.46. The van der Waals surface area contributed by atoms with Gasteiger partial charge in [0.1, 0.15) is 0 Å². The molecule has 0 saturated heterocycles. The summed E-state index contributed by atoms with van der Waals surface area (Å²) in [5.41, 5.74) is 1.39. The van der Waals surface area contributed by atoms with E-state index in [0.29, 0.717) is 5.41 Å². The lowest BCUT2D eigenvalue weighted by molar-refractivity contribution is -0.0483. The van der Waals surface area contributed by atoms with Crippen LogP contribution in [-0.4, -0.2) is 10.9 Å². The fourth-order valence-electron chi connectivity index (χ4n) is 5.48. The van der Waals surface area contributed by atoms with Gasteiger partial charge in [0, 0.05) is 6.42 Å². The SMILES string of the molecule is O/N=C(\CC12CC3CC(CC(C3)C1)C2)c1cccs1. The van der Waals surface area contributed by atoms with Crippen molar-refractivity contribution < 1.29 is 5.21 Å². The van der Waals surface area contributed by atoms with Crippen molar-refractivity contribution in [3.63, 3.8) is 0 Å². The van der Waals surface area contributed by atoms with Gasteiger partial charge in [-0.1, -0.05) is 11.2 Å². The minimum atomic E-state index is 0.459. The minimum absolute atomic E-state index is 0.459. The van der Waals surface area contributed by atoms with Crippen LogP contribution in [0.4, 0.5) is 0 Å². The molecule has 0 atom stereocenters. The van der Waals surface area contributed by atoms with Gasteiger partial charge in [-0.2, -0.15) is 0 Å². The van der Waals surface area contributed by atoms with Crippen molar-refractivity contribution in [2.24, 2.45) is 28.3 Å². The Labute approximate surface area is 118 Å². The lowest BCUT2D eigenvalue weighted by atomic mass is 9.48. The average molecular weight is 275 g/mol. The highest BCUT2D eigenvalue weighted by Gasteiger charge is 2.51. The van der Waals surface area contributed by atoms with Crippen LogP contribution in [0.2, 0.25) is 0 Å². The molecule has 3 heteroatoms. The zero-order valence-electron chi connectivity index (χ0n) is 11.2. The van der Waals surface area contributed by atoms with E-state index in [9.17, 15) is 5.21 Å². The highest BCUT2D eigenvalue weighted by molar-refractivity contribution is 7.12. The van der Waals surface area contributed by atoms with E-state index in [0.717, 1.165) is 34.8 Å². The van der Waals surface area contributed by atoms with E-state index in [-0.39, 0.29) is 0 Å². The number of hydrogen-bond donors (Lipinski definition) is 1. The van der Waals surface area contributed by atoms with Crippen LogP contribution in [0, 0.1) is 23.2 Å². The first-order valence-electron chi connectivity index (χ1n) is 7.51. The maximum absolute atomic E-state index is 9.39. The summed E-state index contributed by atoms with van der Waals surface area (Å²) < 4.78 is 0. The van der Waals surface area contributed by atoms with E-state index >= 15 is 0 Å². The molecule has 102 valence electrons. The molecule has 0 amide bonds. The molecule has 0 unspecified atom stereocenters. The molecular weight excluding hydrogens is 254 g/mol. The fourth-order valence-corrected chi connectivity index (χ4v) is 6.19. The van der Waals surface area contributed by atoms with Crippen LogP contribution < -0.4 is 0 Å². The first-order chi connectivity index (χ1) is 9.26. The molecule has 4 fully saturated rings. The van der Waals surface area contributed by atoms with Crippen molar-refractivity contribution in [3.05, 3.63) is 22.4 Å². The highest BCUT2D eigenvalue weighted by atomic mass is 32.1. The number of nitrogens with zero attached hydrogens (tertiary/aromatic N) is 1. The van der Waals surface area contributed by atoms with E-state index in [1.165, 1.54) is 38.5 Å². The van der Waals surface area contributed by atoms with Crippen LogP contribution in [0.3, 0.4) is 0 Å². The van der Waals surface area contributed by atoms with Crippen molar-refractivity contribution in [1.82, 2.24) is 0 Å². The molecule has 5 rings (SSSR count). The van der Waals surface area contributed by atoms with Gasteiger partial charge in [0.05, 0.1) is 10.6 Å². The summed E-state index contributed by atoms with van der Waals surface area (Å²) in [4.78, 5) is 1.15. The Balaban J connectivity index is 1.59. The average Bonchev–Trinajstić information content (AvgIpc) is 2.88. The third kappa shape index (κ3) is 2.03. The molecule has 1 aromatic rings. The molecule has 1 aromatic heterocycles. The van der Waals surface area contributed by atoms with Crippen LogP contribution in [0.1, 0.15) is 49.8 Å². The molecule has 2 nitrogen and oxygen atoms in total. The van der Waals surface area contributed by atoms with Crippen molar-refractivity contribution in [3.8, 4) is 0 Å². The Bertz CT molecular complexity index is 456. The second-order valence-corrected chi connectivity index (χ2v) is 8.07. The number of oxime groups is 1. The summed E-state index contributed by atoms with van der Waals surface area (Å²) in [6, 6.07) is 4.13. The van der Waals surface area contributed by atoms with Crippen molar-refractivity contribution in [2.75, 3.05) is 0 Å². The molecule has 0 aliphatic heterocycles. The maximum Gasteiger partial charge on any atom is 0.0972 e. The van der Waals surface area contributed by atoms with Crippen molar-refractivity contribution >= 4 is 17.0 Å². The predicted octanol–water partition coefficient (Wildman–Crippen LogP) is 4.53. The summed E-state index contributed by atoms with van der Waals surface area (Å²) in [6.07, 6.45) is 9.56. The molecular formula is C16H21NOS. The zero-order chi connectivity index (χ0) is 12.9. The van der Waals surface area contributed by atoms with Gasteiger partial charge >= 0.3 is 0 Å². The number of hydrogen-bond acceptors (Lipinski definition) is 3. The molecule has 4 bridgehead atoms. The largest absolute Gasteiger partial charge is 0.411 e. The molecule has 4 aliphatic rings. The lowest BCUT2D eigenvalue weighted by Gasteiger charge is -2.57. The third-order valence-electron chi connectivity index (χ3n) is 5.63. The van der Waals surface area contributed by atoms with Gasteiger partial charge in [-0.25, -0.2) is 0 Å². The van der Waals surface area contributed by atoms with E-state index in [2.05, 4.69) is 16.6 Å². The quantitative estimate of drug-likeness (QED) is 0.490. The standard InChI is InChI=1S/C16H21NOS/c18-17-14(15-2-1-3-19-15)10-16-7-11-4-12(8-16)6-13(5-11)9-16/h1-3,11-13,18H,4-10H2/b17-14+. The molecule has 0 spiro atoms. The Morgan fingerprint density at radius 3 is 2.32 bits per heavy atom. The Hall–Kier alpha value is -0.830. The van der Waals surface area contributed by atoms with Crippen LogP contribution in [0.15, 0.2) is 22.7 Å². The molecule has 19 heavy (non-hydrogen) atoms. The van der Waals surface area contributed by atoms with Gasteiger partial charge in [-0.3, -0.25) is 0 Å². The van der Waals surface area contributed by atoms with Crippen molar-refractivity contribution in [2.45, 2.75) is 44.9 Å². The van der Waals surface area contributed by atoms with Gasteiger partial charge in [0.2, 0.25) is 0 Å². The summed E-state index contributed by atoms with van der Waals surface area (Å²) in [5, 5.41) is 15.1. The number of thiophene rings is 1. The van der Waals surface area contributed by atoms with E-state index in [1.807, 2.05) is 6.07 Å². The van der Waals surface area contributed by atoms with Crippen LogP contribution >= 0.6 is 11.3 Å². The summed E-state index contributed by atoms with van der Waals surface area (Å²) >= 11 is 1.69. The monoisotopic (exact) mass is 275 g/mol. The molecule has 0 radical (unpaired) electrons.